The highest BCUT2D eigenvalue weighted by Gasteiger charge is 2.08. The van der Waals surface area contributed by atoms with Gasteiger partial charge in [0.05, 0.1) is 0 Å². The van der Waals surface area contributed by atoms with E-state index >= 15 is 0 Å². The zero-order chi connectivity index (χ0) is 16.9. The van der Waals surface area contributed by atoms with Crippen molar-refractivity contribution in [1.82, 2.24) is 15.6 Å². The fourth-order valence-corrected chi connectivity index (χ4v) is 3.16. The van der Waals surface area contributed by atoms with E-state index in [1.54, 1.807) is 0 Å². The third kappa shape index (κ3) is 4.08. The number of nitrogens with one attached hydrogen (secondary N) is 3. The number of aryl methyl sites for hydroxylation is 1. The summed E-state index contributed by atoms with van der Waals surface area (Å²) in [4.78, 5) is 3.40. The lowest BCUT2D eigenvalue weighted by atomic mass is 10.1. The molecule has 0 spiro atoms. The first kappa shape index (κ1) is 16.8. The highest BCUT2D eigenvalue weighted by molar-refractivity contribution is 7.80. The molecular weight excluding hydrogens is 338 g/mol. The lowest BCUT2D eigenvalue weighted by Crippen LogP contribution is -2.35. The lowest BCUT2D eigenvalue weighted by Gasteiger charge is -2.10. The molecule has 5 heteroatoms. The zero-order valence-corrected chi connectivity index (χ0v) is 15.1. The molecule has 3 aromatic rings. The Hall–Kier alpha value is -2.04. The number of H-pyrrole nitrogens is 1. The highest BCUT2D eigenvalue weighted by Crippen LogP contribution is 2.25. The van der Waals surface area contributed by atoms with Gasteiger partial charge in [0.1, 0.15) is 0 Å². The van der Waals surface area contributed by atoms with Gasteiger partial charge in [0.2, 0.25) is 0 Å². The largest absolute Gasteiger partial charge is 0.362 e. The van der Waals surface area contributed by atoms with Crippen molar-refractivity contribution >= 4 is 39.8 Å². The molecule has 24 heavy (non-hydrogen) atoms. The molecule has 1 heterocycles. The van der Waals surface area contributed by atoms with Gasteiger partial charge in [-0.25, -0.2) is 0 Å². The van der Waals surface area contributed by atoms with Crippen LogP contribution in [0.5, 0.6) is 0 Å². The molecule has 1 aromatic heterocycles. The van der Waals surface area contributed by atoms with E-state index in [4.69, 9.17) is 23.8 Å². The monoisotopic (exact) mass is 357 g/mol. The third-order valence-corrected chi connectivity index (χ3v) is 4.56. The zero-order valence-electron chi connectivity index (χ0n) is 13.5. The molecule has 0 bridgehead atoms. The van der Waals surface area contributed by atoms with Crippen molar-refractivity contribution in [2.75, 3.05) is 6.54 Å². The predicted octanol–water partition coefficient (Wildman–Crippen LogP) is 4.34. The predicted molar refractivity (Wildman–Crippen MR) is 106 cm³/mol. The smallest absolute Gasteiger partial charge is 0.166 e. The summed E-state index contributed by atoms with van der Waals surface area (Å²) in [6, 6.07) is 16.2. The maximum Gasteiger partial charge on any atom is 0.166 e. The molecule has 0 aliphatic carbocycles. The Morgan fingerprint density at radius 2 is 1.92 bits per heavy atom. The molecule has 0 saturated heterocycles. The van der Waals surface area contributed by atoms with Crippen LogP contribution in [0.2, 0.25) is 5.02 Å². The van der Waals surface area contributed by atoms with Gasteiger partial charge >= 0.3 is 0 Å². The Balaban J connectivity index is 1.54. The minimum Gasteiger partial charge on any atom is -0.362 e. The first-order valence-electron chi connectivity index (χ1n) is 7.96. The summed E-state index contributed by atoms with van der Waals surface area (Å²) < 4.78 is 0. The summed E-state index contributed by atoms with van der Waals surface area (Å²) >= 11 is 11.5. The van der Waals surface area contributed by atoms with Crippen LogP contribution in [0.15, 0.2) is 48.5 Å². The number of fused-ring (bicyclic) bond motifs is 1. The van der Waals surface area contributed by atoms with Gasteiger partial charge in [-0.3, -0.25) is 0 Å². The van der Waals surface area contributed by atoms with E-state index in [1.165, 1.54) is 22.2 Å². The molecule has 0 fully saturated rings. The number of halogens is 1. The van der Waals surface area contributed by atoms with Gasteiger partial charge in [0.15, 0.2) is 5.11 Å². The van der Waals surface area contributed by atoms with E-state index in [9.17, 15) is 0 Å². The van der Waals surface area contributed by atoms with E-state index in [-0.39, 0.29) is 0 Å². The van der Waals surface area contributed by atoms with Crippen molar-refractivity contribution in [1.29, 1.82) is 0 Å². The second kappa shape index (κ2) is 7.69. The maximum absolute atomic E-state index is 6.12. The summed E-state index contributed by atoms with van der Waals surface area (Å²) in [6.45, 7) is 3.60. The number of aromatic nitrogens is 1. The van der Waals surface area contributed by atoms with Crippen LogP contribution >= 0.6 is 23.8 Å². The van der Waals surface area contributed by atoms with Gasteiger partial charge in [-0.1, -0.05) is 41.9 Å². The molecule has 0 atom stereocenters. The van der Waals surface area contributed by atoms with Gasteiger partial charge in [0.25, 0.3) is 0 Å². The fraction of sp³-hybridized carbons (Fsp3) is 0.211. The maximum atomic E-state index is 6.12. The molecular formula is C19H20ClN3S. The van der Waals surface area contributed by atoms with Crippen molar-refractivity contribution in [3.05, 3.63) is 70.4 Å². The van der Waals surface area contributed by atoms with Crippen molar-refractivity contribution in [3.63, 3.8) is 0 Å². The molecule has 0 radical (unpaired) electrons. The number of aromatic amines is 1. The second-order valence-electron chi connectivity index (χ2n) is 5.76. The van der Waals surface area contributed by atoms with Crippen LogP contribution in [0.25, 0.3) is 10.9 Å². The second-order valence-corrected chi connectivity index (χ2v) is 6.61. The topological polar surface area (TPSA) is 39.9 Å². The molecule has 124 valence electrons. The fourth-order valence-electron chi connectivity index (χ4n) is 2.82. The highest BCUT2D eigenvalue weighted by atomic mass is 35.5. The van der Waals surface area contributed by atoms with Crippen molar-refractivity contribution in [3.8, 4) is 0 Å². The Labute approximate surface area is 152 Å². The number of hydrogen-bond donors (Lipinski definition) is 3. The van der Waals surface area contributed by atoms with Crippen LogP contribution < -0.4 is 10.6 Å². The summed E-state index contributed by atoms with van der Waals surface area (Å²) in [5.41, 5.74) is 4.79. The average Bonchev–Trinajstić information content (AvgIpc) is 2.89. The molecule has 3 rings (SSSR count). The van der Waals surface area contributed by atoms with Gasteiger partial charge in [-0.2, -0.15) is 0 Å². The standard InChI is InChI=1S/C19H20ClN3S/c1-13-16(17-11-15(20)7-8-18(17)23-13)9-10-21-19(24)22-12-14-5-3-2-4-6-14/h2-8,11,23H,9-10,12H2,1H3,(H2,21,22,24). The Morgan fingerprint density at radius 3 is 2.71 bits per heavy atom. The number of hydrogen-bond acceptors (Lipinski definition) is 1. The normalized spacial score (nSPS) is 10.8. The number of thiocarbonyl (C=S) groups is 1. The van der Waals surface area contributed by atoms with Crippen LogP contribution in [0.4, 0.5) is 0 Å². The van der Waals surface area contributed by atoms with E-state index in [0.717, 1.165) is 30.0 Å². The van der Waals surface area contributed by atoms with Crippen LogP contribution in [0.1, 0.15) is 16.8 Å². The quantitative estimate of drug-likeness (QED) is 0.595. The molecule has 0 aliphatic rings. The van der Waals surface area contributed by atoms with E-state index in [0.29, 0.717) is 5.11 Å². The minimum absolute atomic E-state index is 0.675. The number of benzene rings is 2. The van der Waals surface area contributed by atoms with E-state index in [2.05, 4.69) is 34.7 Å². The molecule has 0 saturated carbocycles. The van der Waals surface area contributed by atoms with Gasteiger partial charge in [0, 0.05) is 34.7 Å². The van der Waals surface area contributed by atoms with E-state index in [1.807, 2.05) is 36.4 Å². The summed E-state index contributed by atoms with van der Waals surface area (Å²) in [6.07, 6.45) is 0.888. The molecule has 0 unspecified atom stereocenters. The van der Waals surface area contributed by atoms with Gasteiger partial charge < -0.3 is 15.6 Å². The Bertz CT molecular complexity index is 842. The van der Waals surface area contributed by atoms with Gasteiger partial charge in [-0.05, 0) is 54.9 Å². The first-order valence-corrected chi connectivity index (χ1v) is 8.74. The van der Waals surface area contributed by atoms with Gasteiger partial charge in [-0.15, -0.1) is 0 Å². The molecule has 3 nitrogen and oxygen atoms in total. The third-order valence-electron chi connectivity index (χ3n) is 4.04. The summed E-state index contributed by atoms with van der Waals surface area (Å²) in [5, 5.41) is 9.12. The lowest BCUT2D eigenvalue weighted by molar-refractivity contribution is 0.814. The Kier molecular flexibility index (Phi) is 5.38. The summed E-state index contributed by atoms with van der Waals surface area (Å²) in [5.74, 6) is 0. The minimum atomic E-state index is 0.675. The Morgan fingerprint density at radius 1 is 1.12 bits per heavy atom. The van der Waals surface area contributed by atoms with Crippen LogP contribution in [-0.4, -0.2) is 16.6 Å². The molecule has 0 amide bonds. The van der Waals surface area contributed by atoms with Crippen LogP contribution in [0, 0.1) is 6.92 Å². The van der Waals surface area contributed by atoms with Crippen LogP contribution in [-0.2, 0) is 13.0 Å². The molecule has 2 aromatic carbocycles. The molecule has 3 N–H and O–H groups in total. The SMILES string of the molecule is Cc1[nH]c2ccc(Cl)cc2c1CCNC(=S)NCc1ccccc1. The van der Waals surface area contributed by atoms with Crippen LogP contribution in [0.3, 0.4) is 0 Å². The molecule has 0 aliphatic heterocycles. The van der Waals surface area contributed by atoms with E-state index < -0.39 is 0 Å². The van der Waals surface area contributed by atoms with Crippen molar-refractivity contribution < 1.29 is 0 Å². The van der Waals surface area contributed by atoms with Crippen molar-refractivity contribution in [2.24, 2.45) is 0 Å². The summed E-state index contributed by atoms with van der Waals surface area (Å²) in [7, 11) is 0. The van der Waals surface area contributed by atoms with Crippen molar-refractivity contribution in [2.45, 2.75) is 19.9 Å². The first-order chi connectivity index (χ1) is 11.6. The number of rotatable bonds is 5. The average molecular weight is 358 g/mol.